The van der Waals surface area contributed by atoms with E-state index in [0.29, 0.717) is 38.3 Å². The van der Waals surface area contributed by atoms with E-state index in [1.807, 2.05) is 12.1 Å². The quantitative estimate of drug-likeness (QED) is 0.476. The van der Waals surface area contributed by atoms with Gasteiger partial charge < -0.3 is 24.4 Å². The monoisotopic (exact) mass is 417 g/mol. The molecule has 4 rings (SSSR count). The lowest BCUT2D eigenvalue weighted by molar-refractivity contribution is -0.136. The summed E-state index contributed by atoms with van der Waals surface area (Å²) < 4.78 is 15.4. The minimum Gasteiger partial charge on any atom is -0.447 e. The van der Waals surface area contributed by atoms with Crippen molar-refractivity contribution in [2.45, 2.75) is 38.1 Å². The van der Waals surface area contributed by atoms with Gasteiger partial charge in [-0.2, -0.15) is 0 Å². The molecule has 2 saturated heterocycles. The van der Waals surface area contributed by atoms with Crippen LogP contribution >= 0.6 is 0 Å². The van der Waals surface area contributed by atoms with Crippen molar-refractivity contribution in [1.29, 1.82) is 0 Å². The molecular formula is C20H23N3O7. The van der Waals surface area contributed by atoms with Gasteiger partial charge in [-0.15, -0.1) is 0 Å². The van der Waals surface area contributed by atoms with E-state index < -0.39 is 18.0 Å². The number of piperidine rings is 1. The first-order valence-corrected chi connectivity index (χ1v) is 9.87. The minimum atomic E-state index is -0.645. The summed E-state index contributed by atoms with van der Waals surface area (Å²) in [7, 11) is 0. The van der Waals surface area contributed by atoms with Crippen molar-refractivity contribution in [2.75, 3.05) is 26.4 Å². The van der Waals surface area contributed by atoms with Crippen LogP contribution in [0.3, 0.4) is 0 Å². The molecule has 0 aliphatic carbocycles. The van der Waals surface area contributed by atoms with Crippen molar-refractivity contribution in [1.82, 2.24) is 15.5 Å². The van der Waals surface area contributed by atoms with E-state index in [1.54, 1.807) is 6.07 Å². The molecule has 160 valence electrons. The number of imide groups is 1. The Morgan fingerprint density at radius 1 is 1.23 bits per heavy atom. The molecule has 1 aromatic rings. The molecule has 4 amide bonds. The Kier molecular flexibility index (Phi) is 5.96. The Labute approximate surface area is 172 Å². The van der Waals surface area contributed by atoms with Gasteiger partial charge in [0, 0.05) is 25.1 Å². The summed E-state index contributed by atoms with van der Waals surface area (Å²) >= 11 is 0. The molecule has 3 aliphatic heterocycles. The lowest BCUT2D eigenvalue weighted by atomic mass is 10.0. The van der Waals surface area contributed by atoms with Gasteiger partial charge in [0.05, 0.1) is 19.8 Å². The van der Waals surface area contributed by atoms with E-state index in [0.717, 1.165) is 11.1 Å². The average Bonchev–Trinajstić information content (AvgIpc) is 3.01. The number of rotatable bonds is 7. The predicted octanol–water partition coefficient (Wildman–Crippen LogP) is 0.0892. The highest BCUT2D eigenvalue weighted by atomic mass is 16.6. The van der Waals surface area contributed by atoms with Crippen molar-refractivity contribution >= 4 is 23.8 Å². The third kappa shape index (κ3) is 4.44. The maximum absolute atomic E-state index is 12.8. The lowest BCUT2D eigenvalue weighted by Gasteiger charge is -2.29. The zero-order valence-electron chi connectivity index (χ0n) is 16.3. The predicted molar refractivity (Wildman–Crippen MR) is 101 cm³/mol. The fourth-order valence-electron chi connectivity index (χ4n) is 3.60. The van der Waals surface area contributed by atoms with Crippen LogP contribution in [0.4, 0.5) is 4.79 Å². The smallest absolute Gasteiger partial charge is 0.407 e. The van der Waals surface area contributed by atoms with Crippen molar-refractivity contribution in [3.05, 3.63) is 34.9 Å². The Morgan fingerprint density at radius 2 is 2.07 bits per heavy atom. The molecule has 2 fully saturated rings. The maximum atomic E-state index is 12.8. The standard InChI is InChI=1S/C20H23N3O7/c24-17-4-3-16(18(25)22-17)23-9-13-2-1-12(7-15(13)19(23)26)8-21-20(27)30-6-5-29-14-10-28-11-14/h1-2,7,14,16H,3-6,8-11H2,(H,21,27)(H,22,24,25). The van der Waals surface area contributed by atoms with Crippen LogP contribution in [-0.2, 0) is 36.9 Å². The van der Waals surface area contributed by atoms with Crippen LogP contribution < -0.4 is 10.6 Å². The van der Waals surface area contributed by atoms with Crippen LogP contribution in [-0.4, -0.2) is 67.3 Å². The number of ether oxygens (including phenoxy) is 3. The van der Waals surface area contributed by atoms with Gasteiger partial charge in [-0.25, -0.2) is 4.79 Å². The normalized spacial score (nSPS) is 21.1. The van der Waals surface area contributed by atoms with E-state index in [2.05, 4.69) is 10.6 Å². The Bertz CT molecular complexity index is 868. The summed E-state index contributed by atoms with van der Waals surface area (Å²) in [4.78, 5) is 49.5. The molecular weight excluding hydrogens is 394 g/mol. The number of benzene rings is 1. The van der Waals surface area contributed by atoms with E-state index in [1.165, 1.54) is 4.90 Å². The second-order valence-electron chi connectivity index (χ2n) is 7.41. The Balaban J connectivity index is 1.27. The highest BCUT2D eigenvalue weighted by Crippen LogP contribution is 2.28. The molecule has 0 aromatic heterocycles. The summed E-state index contributed by atoms with van der Waals surface area (Å²) in [5.74, 6) is -1.00. The molecule has 10 heteroatoms. The number of hydrogen-bond donors (Lipinski definition) is 2. The van der Waals surface area contributed by atoms with Crippen molar-refractivity contribution in [2.24, 2.45) is 0 Å². The second kappa shape index (κ2) is 8.80. The van der Waals surface area contributed by atoms with Gasteiger partial charge in [0.2, 0.25) is 11.8 Å². The second-order valence-corrected chi connectivity index (χ2v) is 7.41. The maximum Gasteiger partial charge on any atom is 0.407 e. The summed E-state index contributed by atoms with van der Waals surface area (Å²) in [6.45, 7) is 2.13. The van der Waals surface area contributed by atoms with Gasteiger partial charge >= 0.3 is 6.09 Å². The number of fused-ring (bicyclic) bond motifs is 1. The third-order valence-electron chi connectivity index (χ3n) is 5.31. The number of amides is 4. The Hall–Kier alpha value is -2.98. The van der Waals surface area contributed by atoms with Gasteiger partial charge in [0.25, 0.3) is 5.91 Å². The van der Waals surface area contributed by atoms with Crippen LogP contribution in [0.5, 0.6) is 0 Å². The lowest BCUT2D eigenvalue weighted by Crippen LogP contribution is -2.52. The zero-order chi connectivity index (χ0) is 21.1. The fraction of sp³-hybridized carbons (Fsp3) is 0.500. The van der Waals surface area contributed by atoms with Gasteiger partial charge in [0.15, 0.2) is 0 Å². The Morgan fingerprint density at radius 3 is 2.80 bits per heavy atom. The van der Waals surface area contributed by atoms with E-state index >= 15 is 0 Å². The SMILES string of the molecule is O=C1CCC(N2Cc3ccc(CNC(=O)OCCOC4COC4)cc3C2=O)C(=O)N1. The van der Waals surface area contributed by atoms with Crippen molar-refractivity contribution in [3.63, 3.8) is 0 Å². The number of alkyl carbamates (subject to hydrolysis) is 1. The van der Waals surface area contributed by atoms with Gasteiger partial charge in [-0.3, -0.25) is 19.7 Å². The minimum absolute atomic E-state index is 0.0837. The molecule has 3 heterocycles. The van der Waals surface area contributed by atoms with Gasteiger partial charge in [-0.05, 0) is 23.6 Å². The highest BCUT2D eigenvalue weighted by molar-refractivity contribution is 6.05. The largest absolute Gasteiger partial charge is 0.447 e. The number of nitrogens with zero attached hydrogens (tertiary/aromatic N) is 1. The number of nitrogens with one attached hydrogen (secondary N) is 2. The molecule has 3 aliphatic rings. The van der Waals surface area contributed by atoms with Crippen LogP contribution in [0.15, 0.2) is 18.2 Å². The highest BCUT2D eigenvalue weighted by Gasteiger charge is 2.39. The molecule has 1 aromatic carbocycles. The molecule has 0 spiro atoms. The molecule has 30 heavy (non-hydrogen) atoms. The first-order valence-electron chi connectivity index (χ1n) is 9.87. The molecule has 10 nitrogen and oxygen atoms in total. The van der Waals surface area contributed by atoms with Crippen molar-refractivity contribution in [3.8, 4) is 0 Å². The molecule has 0 saturated carbocycles. The first-order chi connectivity index (χ1) is 14.5. The molecule has 0 radical (unpaired) electrons. The number of carbonyl (C=O) groups is 4. The number of hydrogen-bond acceptors (Lipinski definition) is 7. The summed E-state index contributed by atoms with van der Waals surface area (Å²) in [5, 5.41) is 4.92. The zero-order valence-corrected chi connectivity index (χ0v) is 16.3. The van der Waals surface area contributed by atoms with Crippen molar-refractivity contribution < 1.29 is 33.4 Å². The molecule has 2 N–H and O–H groups in total. The topological polar surface area (TPSA) is 123 Å². The van der Waals surface area contributed by atoms with Gasteiger partial charge in [-0.1, -0.05) is 12.1 Å². The first kappa shape index (κ1) is 20.3. The van der Waals surface area contributed by atoms with Crippen LogP contribution in [0.2, 0.25) is 0 Å². The van der Waals surface area contributed by atoms with E-state index in [9.17, 15) is 19.2 Å². The van der Waals surface area contributed by atoms with Crippen LogP contribution in [0, 0.1) is 0 Å². The molecule has 1 unspecified atom stereocenters. The van der Waals surface area contributed by atoms with Gasteiger partial charge in [0.1, 0.15) is 18.8 Å². The summed E-state index contributed by atoms with van der Waals surface area (Å²) in [6, 6.07) is 4.70. The van der Waals surface area contributed by atoms with Crippen LogP contribution in [0.1, 0.15) is 34.3 Å². The molecule has 1 atom stereocenters. The molecule has 0 bridgehead atoms. The average molecular weight is 417 g/mol. The summed E-state index contributed by atoms with van der Waals surface area (Å²) in [6.07, 6.45) is 0.0518. The third-order valence-corrected chi connectivity index (χ3v) is 5.31. The number of carbonyl (C=O) groups excluding carboxylic acids is 4. The van der Waals surface area contributed by atoms with E-state index in [-0.39, 0.29) is 37.5 Å². The van der Waals surface area contributed by atoms with E-state index in [4.69, 9.17) is 14.2 Å². The summed E-state index contributed by atoms with van der Waals surface area (Å²) in [5.41, 5.74) is 2.06. The fourth-order valence-corrected chi connectivity index (χ4v) is 3.60. The van der Waals surface area contributed by atoms with Crippen LogP contribution in [0.25, 0.3) is 0 Å².